The zero-order valence-electron chi connectivity index (χ0n) is 8.40. The van der Waals surface area contributed by atoms with E-state index in [1.165, 1.54) is 12.8 Å². The van der Waals surface area contributed by atoms with Crippen molar-refractivity contribution in [3.63, 3.8) is 0 Å². The van der Waals surface area contributed by atoms with E-state index in [1.54, 1.807) is 6.07 Å². The Kier molecular flexibility index (Phi) is 2.71. The zero-order chi connectivity index (χ0) is 11.3. The van der Waals surface area contributed by atoms with Gasteiger partial charge >= 0.3 is 0 Å². The lowest BCUT2D eigenvalue weighted by Crippen LogP contribution is -2.24. The number of benzene rings is 1. The van der Waals surface area contributed by atoms with E-state index in [4.69, 9.17) is 39.5 Å². The van der Waals surface area contributed by atoms with Gasteiger partial charge in [-0.3, -0.25) is 0 Å². The molecule has 0 amide bonds. The Morgan fingerprint density at radius 1 is 1.19 bits per heavy atom. The number of fused-ring (bicyclic) bond motifs is 1. The fourth-order valence-corrected chi connectivity index (χ4v) is 2.78. The number of ether oxygens (including phenoxy) is 1. The van der Waals surface area contributed by atoms with E-state index in [0.29, 0.717) is 33.5 Å². The minimum atomic E-state index is 0.117. The van der Waals surface area contributed by atoms with Crippen LogP contribution in [0, 0.1) is 0 Å². The number of nitrogens with one attached hydrogen (secondary N) is 1. The van der Waals surface area contributed by atoms with Crippen molar-refractivity contribution in [1.82, 2.24) is 5.32 Å². The molecule has 1 atom stereocenters. The van der Waals surface area contributed by atoms with Crippen molar-refractivity contribution >= 4 is 34.8 Å². The topological polar surface area (TPSA) is 21.3 Å². The highest BCUT2D eigenvalue weighted by molar-refractivity contribution is 6.44. The van der Waals surface area contributed by atoms with Gasteiger partial charge in [-0.05, 0) is 18.9 Å². The van der Waals surface area contributed by atoms with Gasteiger partial charge in [-0.15, -0.1) is 0 Å². The second-order valence-electron chi connectivity index (χ2n) is 4.20. The molecule has 1 aromatic rings. The lowest BCUT2D eigenvalue weighted by atomic mass is 10.1. The Balaban J connectivity index is 2.01. The molecule has 2 aliphatic rings. The summed E-state index contributed by atoms with van der Waals surface area (Å²) < 4.78 is 5.57. The number of rotatable bonds is 2. The first-order chi connectivity index (χ1) is 7.66. The lowest BCUT2D eigenvalue weighted by molar-refractivity contribution is 0.310. The van der Waals surface area contributed by atoms with Gasteiger partial charge in [0.1, 0.15) is 12.4 Å². The maximum absolute atomic E-state index is 6.20. The molecule has 1 heterocycles. The molecule has 0 saturated heterocycles. The summed E-state index contributed by atoms with van der Waals surface area (Å²) in [5, 5.41) is 5.05. The molecule has 0 radical (unpaired) electrons. The molecule has 1 aliphatic carbocycles. The highest BCUT2D eigenvalue weighted by Crippen LogP contribution is 2.46. The monoisotopic (exact) mass is 277 g/mol. The van der Waals surface area contributed by atoms with Crippen LogP contribution < -0.4 is 10.1 Å². The predicted molar refractivity (Wildman–Crippen MR) is 65.9 cm³/mol. The summed E-state index contributed by atoms with van der Waals surface area (Å²) in [7, 11) is 0. The summed E-state index contributed by atoms with van der Waals surface area (Å²) in [6.07, 6.45) is 2.44. The van der Waals surface area contributed by atoms with Crippen LogP contribution in [-0.2, 0) is 0 Å². The van der Waals surface area contributed by atoms with Crippen molar-refractivity contribution in [1.29, 1.82) is 0 Å². The molecule has 1 unspecified atom stereocenters. The Morgan fingerprint density at radius 3 is 2.62 bits per heavy atom. The molecule has 16 heavy (non-hydrogen) atoms. The Bertz CT molecular complexity index is 445. The van der Waals surface area contributed by atoms with Crippen molar-refractivity contribution in [3.8, 4) is 5.75 Å². The molecule has 1 aliphatic heterocycles. The van der Waals surface area contributed by atoms with Crippen molar-refractivity contribution in [3.05, 3.63) is 26.7 Å². The minimum absolute atomic E-state index is 0.117. The summed E-state index contributed by atoms with van der Waals surface area (Å²) in [6, 6.07) is 2.34. The van der Waals surface area contributed by atoms with Gasteiger partial charge in [-0.2, -0.15) is 0 Å². The predicted octanol–water partition coefficient (Wildman–Crippen LogP) is 3.83. The van der Waals surface area contributed by atoms with Crippen molar-refractivity contribution in [2.24, 2.45) is 0 Å². The van der Waals surface area contributed by atoms with Crippen molar-refractivity contribution < 1.29 is 4.74 Å². The van der Waals surface area contributed by atoms with Crippen LogP contribution in [0.4, 0.5) is 0 Å². The van der Waals surface area contributed by atoms with E-state index in [1.807, 2.05) is 0 Å². The molecule has 0 aromatic heterocycles. The summed E-state index contributed by atoms with van der Waals surface area (Å²) in [5.41, 5.74) is 0.908. The molecule has 5 heteroatoms. The molecule has 3 rings (SSSR count). The van der Waals surface area contributed by atoms with Gasteiger partial charge < -0.3 is 10.1 Å². The molecule has 1 saturated carbocycles. The lowest BCUT2D eigenvalue weighted by Gasteiger charge is -2.12. The van der Waals surface area contributed by atoms with Crippen LogP contribution in [0.25, 0.3) is 0 Å². The van der Waals surface area contributed by atoms with Gasteiger partial charge in [0, 0.05) is 11.6 Å². The third-order valence-corrected chi connectivity index (χ3v) is 4.00. The molecule has 0 spiro atoms. The second-order valence-corrected chi connectivity index (χ2v) is 5.39. The number of hydrogen-bond acceptors (Lipinski definition) is 2. The molecule has 1 aromatic carbocycles. The molecule has 1 N–H and O–H groups in total. The third kappa shape index (κ3) is 1.78. The van der Waals surface area contributed by atoms with Crippen LogP contribution in [-0.4, -0.2) is 12.6 Å². The Hall–Kier alpha value is -0.150. The largest absolute Gasteiger partial charge is 0.490 e. The summed E-state index contributed by atoms with van der Waals surface area (Å²) in [4.78, 5) is 0. The minimum Gasteiger partial charge on any atom is -0.490 e. The molecule has 2 nitrogen and oxygen atoms in total. The van der Waals surface area contributed by atoms with Gasteiger partial charge in [-0.25, -0.2) is 0 Å². The van der Waals surface area contributed by atoms with E-state index in [-0.39, 0.29) is 6.04 Å². The van der Waals surface area contributed by atoms with E-state index in [9.17, 15) is 0 Å². The van der Waals surface area contributed by atoms with Crippen molar-refractivity contribution in [2.45, 2.75) is 24.9 Å². The molecule has 0 bridgehead atoms. The van der Waals surface area contributed by atoms with Crippen LogP contribution in [0.2, 0.25) is 15.1 Å². The summed E-state index contributed by atoms with van der Waals surface area (Å²) in [5.74, 6) is 0.675. The van der Waals surface area contributed by atoms with E-state index in [2.05, 4.69) is 5.32 Å². The van der Waals surface area contributed by atoms with E-state index >= 15 is 0 Å². The van der Waals surface area contributed by atoms with Crippen molar-refractivity contribution in [2.75, 3.05) is 6.61 Å². The molecular weight excluding hydrogens is 268 g/mol. The second kappa shape index (κ2) is 3.95. The Labute approximate surface area is 109 Å². The number of hydrogen-bond donors (Lipinski definition) is 1. The maximum Gasteiger partial charge on any atom is 0.144 e. The standard InChI is InChI=1S/C11H10Cl3NO/c12-6-3-7(13)11-9(10(6)14)8(4-16-11)15-5-1-2-5/h3,5,8,15H,1-2,4H2. The third-order valence-electron chi connectivity index (χ3n) is 2.92. The normalized spacial score (nSPS) is 23.1. The van der Waals surface area contributed by atoms with Crippen LogP contribution in [0.15, 0.2) is 6.07 Å². The SMILES string of the molecule is Clc1cc(Cl)c2c(c1Cl)C(NC1CC1)CO2. The van der Waals surface area contributed by atoms with Crippen LogP contribution in [0.5, 0.6) is 5.75 Å². The summed E-state index contributed by atoms with van der Waals surface area (Å²) in [6.45, 7) is 0.575. The average molecular weight is 279 g/mol. The Morgan fingerprint density at radius 2 is 1.94 bits per heavy atom. The van der Waals surface area contributed by atoms with E-state index in [0.717, 1.165) is 5.56 Å². The van der Waals surface area contributed by atoms with Gasteiger partial charge in [0.2, 0.25) is 0 Å². The van der Waals surface area contributed by atoms with Gasteiger partial charge in [0.05, 0.1) is 21.1 Å². The quantitative estimate of drug-likeness (QED) is 0.830. The highest BCUT2D eigenvalue weighted by Gasteiger charge is 2.34. The van der Waals surface area contributed by atoms with Gasteiger partial charge in [-0.1, -0.05) is 34.8 Å². The van der Waals surface area contributed by atoms with Gasteiger partial charge in [0.25, 0.3) is 0 Å². The van der Waals surface area contributed by atoms with Crippen LogP contribution in [0.3, 0.4) is 0 Å². The fraction of sp³-hybridized carbons (Fsp3) is 0.455. The van der Waals surface area contributed by atoms with E-state index < -0.39 is 0 Å². The summed E-state index contributed by atoms with van der Waals surface area (Å²) >= 11 is 18.3. The maximum atomic E-state index is 6.20. The average Bonchev–Trinajstić information content (AvgIpc) is 2.93. The molecule has 1 fully saturated rings. The zero-order valence-corrected chi connectivity index (χ0v) is 10.7. The molecule has 86 valence electrons. The first-order valence-corrected chi connectivity index (χ1v) is 6.36. The first kappa shape index (κ1) is 11.0. The first-order valence-electron chi connectivity index (χ1n) is 5.23. The van der Waals surface area contributed by atoms with Gasteiger partial charge in [0.15, 0.2) is 0 Å². The molecular formula is C11H10Cl3NO. The smallest absolute Gasteiger partial charge is 0.144 e. The number of halogens is 3. The van der Waals surface area contributed by atoms with Crippen LogP contribution >= 0.6 is 34.8 Å². The highest BCUT2D eigenvalue weighted by atomic mass is 35.5. The fourth-order valence-electron chi connectivity index (χ4n) is 1.97. The van der Waals surface area contributed by atoms with Crippen LogP contribution in [0.1, 0.15) is 24.4 Å².